The Labute approximate surface area is 701 Å². The van der Waals surface area contributed by atoms with Gasteiger partial charge in [0.05, 0.1) is 85.0 Å². The smallest absolute Gasteiger partial charge is 0.416 e. The van der Waals surface area contributed by atoms with Crippen LogP contribution in [0, 0.1) is 0 Å². The molecule has 0 aliphatic carbocycles. The van der Waals surface area contributed by atoms with E-state index in [4.69, 9.17) is 34.2 Å². The van der Waals surface area contributed by atoms with Crippen LogP contribution in [0.1, 0.15) is 94.5 Å². The molecule has 31 heteroatoms. The zero-order chi connectivity index (χ0) is 89.0. The second kappa shape index (κ2) is 41.6. The number of halogens is 9. The monoisotopic (exact) mass is 1700 g/mol. The second-order valence-corrected chi connectivity index (χ2v) is 29.7. The molecule has 0 saturated heterocycles. The first-order valence-corrected chi connectivity index (χ1v) is 39.1. The number of hydrogen-bond donors (Lipinski definition) is 5. The van der Waals surface area contributed by atoms with Crippen molar-refractivity contribution < 1.29 is 111 Å². The van der Waals surface area contributed by atoms with E-state index in [0.717, 1.165) is 42.0 Å². The minimum absolute atomic E-state index is 0.0210. The maximum Gasteiger partial charge on any atom is 0.416 e. The van der Waals surface area contributed by atoms with E-state index >= 15 is 0 Å². The number of nitrogens with one attached hydrogen (secondary N) is 3. The van der Waals surface area contributed by atoms with Gasteiger partial charge in [0.15, 0.2) is 0 Å². The molecular weight excluding hydrogens is 1600 g/mol. The molecule has 9 aromatic carbocycles. The number of hydrogen-bond acceptors (Lipinski definition) is 14. The number of nitrogens with zero attached hydrogens (tertiary/aromatic N) is 4. The molecule has 0 radical (unpaired) electrons. The highest BCUT2D eigenvalue weighted by molar-refractivity contribution is 5.89. The molecule has 0 bridgehead atoms. The van der Waals surface area contributed by atoms with Crippen LogP contribution >= 0.6 is 0 Å². The summed E-state index contributed by atoms with van der Waals surface area (Å²) in [6, 6.07) is 39.4. The number of ether oxygens (including phenoxy) is 6. The lowest BCUT2D eigenvalue weighted by molar-refractivity contribution is -0.870. The lowest BCUT2D eigenvalue weighted by atomic mass is 9.90. The Hall–Kier alpha value is -12.6. The van der Waals surface area contributed by atoms with E-state index in [2.05, 4.69) is 16.0 Å². The zero-order valence-electron chi connectivity index (χ0n) is 69.2. The Morgan fingerprint density at radius 3 is 1.12 bits per heavy atom. The van der Waals surface area contributed by atoms with E-state index in [9.17, 15) is 78.2 Å². The fourth-order valence-corrected chi connectivity index (χ4v) is 13.6. The van der Waals surface area contributed by atoms with Crippen LogP contribution in [-0.2, 0) is 110 Å². The fourth-order valence-electron chi connectivity index (χ4n) is 13.6. The normalized spacial score (nSPS) is 11.9. The van der Waals surface area contributed by atoms with Crippen molar-refractivity contribution in [3.05, 3.63) is 243 Å². The molecule has 0 saturated carbocycles. The van der Waals surface area contributed by atoms with E-state index in [1.54, 1.807) is 143 Å². The van der Waals surface area contributed by atoms with Crippen molar-refractivity contribution in [1.82, 2.24) is 30.7 Å². The average molecular weight is 1700 g/mol. The number of likely N-dealkylation sites (N-methyl/N-ethyl adjacent to an activating group) is 1. The third-order valence-corrected chi connectivity index (χ3v) is 20.0. The van der Waals surface area contributed by atoms with Gasteiger partial charge in [-0.2, -0.15) is 39.5 Å². The molecule has 6 N–H and O–H groups in total. The number of carboxylic acids is 1. The van der Waals surface area contributed by atoms with Gasteiger partial charge >= 0.3 is 60.5 Å². The standard InChI is InChI=1S/C91H97F9N8O14/c1-11-105(52-64-46-67(89(92,93)94)29-32-70(64)75-38-59(24-35-79(75)117-8)43-80(109)120-14-4)87(115)103-50-57-20-25-62(26-21-57)73-39-60(44-81(110)121-37-36-108(5,6)7)41-76(83(73)118-9)71-33-30-68(90(95,96)97)48-66(71)54-107(13-3)88(116)104-51-58-22-27-63(28-23-58)74-40-61(45-82(111)122-55-78(101)85(112)113)42-77(84(74)119-10)72-34-31-69(91(98,99)100)47-65(72)53-106(12-2)86(114)102-49-56-18-16-15-17-19-56/h15-35,38-42,46-48,78H,11-14,36-37,43-45,49-55,101H2,1-10H3,(H3-,102,103,104,112,113,114,115,116)/p+1. The van der Waals surface area contributed by atoms with Gasteiger partial charge in [-0.25, -0.2) is 14.4 Å². The molecule has 0 fully saturated rings. The molecule has 1 atom stereocenters. The van der Waals surface area contributed by atoms with Gasteiger partial charge in [-0.05, 0) is 178 Å². The highest BCUT2D eigenvalue weighted by Gasteiger charge is 2.36. The lowest BCUT2D eigenvalue weighted by Crippen LogP contribution is -2.39. The Balaban J connectivity index is 1.00. The third-order valence-electron chi connectivity index (χ3n) is 20.0. The number of carboxylic acid groups (broad SMARTS) is 1. The number of rotatable bonds is 36. The molecule has 9 aromatic rings. The van der Waals surface area contributed by atoms with Gasteiger partial charge < -0.3 is 74.4 Å². The minimum Gasteiger partial charge on any atom is -0.496 e. The van der Waals surface area contributed by atoms with Crippen molar-refractivity contribution in [2.24, 2.45) is 5.73 Å². The van der Waals surface area contributed by atoms with Crippen molar-refractivity contribution >= 4 is 42.0 Å². The summed E-state index contributed by atoms with van der Waals surface area (Å²) in [5.41, 5.74) is 8.91. The molecule has 6 amide bonds. The Morgan fingerprint density at radius 1 is 0.410 bits per heavy atom. The van der Waals surface area contributed by atoms with E-state index in [0.29, 0.717) is 72.4 Å². The van der Waals surface area contributed by atoms with Gasteiger partial charge in [-0.3, -0.25) is 19.2 Å². The van der Waals surface area contributed by atoms with Crippen molar-refractivity contribution in [3.8, 4) is 72.9 Å². The molecule has 1 unspecified atom stereocenters. The molecular formula is C91H98F9N8O14+. The maximum atomic E-state index is 15.0. The Morgan fingerprint density at radius 2 is 0.762 bits per heavy atom. The molecule has 0 aromatic heterocycles. The topological polar surface area (TPSA) is 267 Å². The summed E-state index contributed by atoms with van der Waals surface area (Å²) in [5, 5.41) is 17.9. The molecule has 0 spiro atoms. The van der Waals surface area contributed by atoms with E-state index in [1.807, 2.05) is 21.1 Å². The first kappa shape index (κ1) is 93.2. The van der Waals surface area contributed by atoms with Crippen LogP contribution in [0.3, 0.4) is 0 Å². The van der Waals surface area contributed by atoms with Gasteiger partial charge in [0.2, 0.25) is 0 Å². The first-order chi connectivity index (χ1) is 57.8. The number of carbonyl (C=O) groups excluding carboxylic acids is 6. The summed E-state index contributed by atoms with van der Waals surface area (Å²) in [4.78, 5) is 97.6. The van der Waals surface area contributed by atoms with Crippen LogP contribution in [-0.4, -0.2) is 161 Å². The number of aliphatic carboxylic acids is 1. The van der Waals surface area contributed by atoms with Gasteiger partial charge in [0.25, 0.3) is 0 Å². The summed E-state index contributed by atoms with van der Waals surface area (Å²) < 4.78 is 166. The van der Waals surface area contributed by atoms with E-state index < -0.39 is 103 Å². The quantitative estimate of drug-likeness (QED) is 0.0106. The van der Waals surface area contributed by atoms with E-state index in [1.165, 1.54) is 60.3 Å². The van der Waals surface area contributed by atoms with Crippen LogP contribution in [0.4, 0.5) is 53.9 Å². The van der Waals surface area contributed by atoms with Crippen LogP contribution < -0.4 is 35.9 Å². The summed E-state index contributed by atoms with van der Waals surface area (Å²) in [7, 11) is 9.86. The highest BCUT2D eigenvalue weighted by atomic mass is 19.4. The molecule has 0 aliphatic rings. The van der Waals surface area contributed by atoms with Crippen LogP contribution in [0.5, 0.6) is 17.2 Å². The van der Waals surface area contributed by atoms with Crippen molar-refractivity contribution in [3.63, 3.8) is 0 Å². The van der Waals surface area contributed by atoms with Crippen molar-refractivity contribution in [2.45, 2.75) is 111 Å². The zero-order valence-corrected chi connectivity index (χ0v) is 69.2. The second-order valence-electron chi connectivity index (χ2n) is 29.7. The number of amides is 6. The van der Waals surface area contributed by atoms with Crippen molar-refractivity contribution in [1.29, 1.82) is 0 Å². The molecule has 9 rings (SSSR count). The molecule has 22 nitrogen and oxygen atoms in total. The molecule has 0 heterocycles. The summed E-state index contributed by atoms with van der Waals surface area (Å²) in [5.74, 6) is -2.87. The summed E-state index contributed by atoms with van der Waals surface area (Å²) in [6.45, 7) is 5.55. The number of quaternary nitrogens is 1. The SMILES string of the molecule is CCOC(=O)Cc1ccc(OC)c(-c2ccc(C(F)(F)F)cc2CN(CC)C(=O)NCc2ccc(-c3cc(CC(=O)OCC[N+](C)(C)C)cc(-c4ccc(C(F)(F)F)cc4CN(CC)C(=O)NCc4ccc(-c5cc(CC(=O)OCC(N)C(=O)O)cc(-c6ccc(C(F)(F)F)cc6CN(CC)C(=O)NCc6ccccc6)c5OC)cc4)c3OC)cc2)c1. The minimum atomic E-state index is -4.87. The highest BCUT2D eigenvalue weighted by Crippen LogP contribution is 2.47. The number of esters is 3. The predicted molar refractivity (Wildman–Crippen MR) is 441 cm³/mol. The van der Waals surface area contributed by atoms with Gasteiger partial charge in [-0.1, -0.05) is 103 Å². The Kier molecular flexibility index (Phi) is 31.8. The summed E-state index contributed by atoms with van der Waals surface area (Å²) >= 11 is 0. The Bertz CT molecular complexity index is 5200. The fraction of sp³-hybridized carbons (Fsp3) is 0.330. The van der Waals surface area contributed by atoms with Crippen LogP contribution in [0.25, 0.3) is 55.6 Å². The molecule has 648 valence electrons. The number of urea groups is 3. The summed E-state index contributed by atoms with van der Waals surface area (Å²) in [6.07, 6.45) is -15.3. The van der Waals surface area contributed by atoms with Crippen LogP contribution in [0.2, 0.25) is 0 Å². The number of benzene rings is 9. The molecule has 0 aliphatic heterocycles. The molecule has 122 heavy (non-hydrogen) atoms. The van der Waals surface area contributed by atoms with Gasteiger partial charge in [0.1, 0.15) is 43.0 Å². The van der Waals surface area contributed by atoms with Gasteiger partial charge in [-0.15, -0.1) is 0 Å². The van der Waals surface area contributed by atoms with Gasteiger partial charge in [0, 0.05) is 86.7 Å². The largest absolute Gasteiger partial charge is 0.496 e. The maximum absolute atomic E-state index is 15.0. The number of nitrogens with two attached hydrogens (primary N) is 1. The number of alkyl halides is 9. The van der Waals surface area contributed by atoms with E-state index in [-0.39, 0.29) is 134 Å². The average Bonchev–Trinajstić information content (AvgIpc) is 0.774. The first-order valence-electron chi connectivity index (χ1n) is 39.1. The third kappa shape index (κ3) is 25.2. The van der Waals surface area contributed by atoms with Crippen molar-refractivity contribution in [2.75, 3.05) is 88.5 Å². The number of carbonyl (C=O) groups is 7. The predicted octanol–water partition coefficient (Wildman–Crippen LogP) is 16.7. The van der Waals surface area contributed by atoms with Crippen LogP contribution in [0.15, 0.2) is 176 Å². The lowest BCUT2D eigenvalue weighted by Gasteiger charge is -2.25. The number of methoxy groups -OCH3 is 3.